The van der Waals surface area contributed by atoms with Gasteiger partial charge in [-0.2, -0.15) is 0 Å². The molecule has 0 heterocycles. The highest BCUT2D eigenvalue weighted by molar-refractivity contribution is 6.44. The van der Waals surface area contributed by atoms with Gasteiger partial charge in [-0.15, -0.1) is 0 Å². The number of ketones is 1. The highest BCUT2D eigenvalue weighted by Gasteiger charge is 2.45. The van der Waals surface area contributed by atoms with Crippen molar-refractivity contribution >= 4 is 40.4 Å². The number of aliphatic hydroxyl groups excluding tert-OH is 1. The quantitative estimate of drug-likeness (QED) is 0.549. The zero-order chi connectivity index (χ0) is 17.5. The van der Waals surface area contributed by atoms with Crippen LogP contribution >= 0.6 is 23.2 Å². The minimum Gasteiger partial charge on any atom is -0.484 e. The number of fused-ring (bicyclic) bond motifs is 3. The Kier molecular flexibility index (Phi) is 4.60. The van der Waals surface area contributed by atoms with Gasteiger partial charge < -0.3 is 15.6 Å². The van der Waals surface area contributed by atoms with E-state index < -0.39 is 0 Å². The molecule has 0 aliphatic heterocycles. The average Bonchev–Trinajstić information content (AvgIpc) is 2.83. The van der Waals surface area contributed by atoms with E-state index in [9.17, 15) is 9.90 Å². The Morgan fingerprint density at radius 3 is 2.83 bits per heavy atom. The summed E-state index contributed by atoms with van der Waals surface area (Å²) in [5, 5.41) is 17.3. The SMILES string of the molecule is N=C(N)COc1cc2c(c(Cl)c1Cl)C1=CC(=O)CCC1(CCO)C2. The van der Waals surface area contributed by atoms with Gasteiger partial charge >= 0.3 is 0 Å². The monoisotopic (exact) mass is 368 g/mol. The molecule has 24 heavy (non-hydrogen) atoms. The maximum atomic E-state index is 11.9. The van der Waals surface area contributed by atoms with Crippen molar-refractivity contribution in [3.63, 3.8) is 0 Å². The van der Waals surface area contributed by atoms with E-state index in [0.717, 1.165) is 16.7 Å². The van der Waals surface area contributed by atoms with Crippen molar-refractivity contribution in [2.45, 2.75) is 25.7 Å². The summed E-state index contributed by atoms with van der Waals surface area (Å²) in [6.07, 6.45) is 4.04. The molecule has 1 atom stereocenters. The fourth-order valence-corrected chi connectivity index (χ4v) is 4.19. The topological polar surface area (TPSA) is 96.4 Å². The molecule has 1 unspecified atom stereocenters. The number of halogens is 2. The molecule has 1 aromatic rings. The maximum absolute atomic E-state index is 11.9. The Labute approximate surface area is 149 Å². The molecule has 0 saturated heterocycles. The molecule has 0 bridgehead atoms. The third kappa shape index (κ3) is 2.81. The molecule has 4 N–H and O–H groups in total. The van der Waals surface area contributed by atoms with Gasteiger partial charge in [0.25, 0.3) is 0 Å². The van der Waals surface area contributed by atoms with Crippen LogP contribution < -0.4 is 10.5 Å². The lowest BCUT2D eigenvalue weighted by molar-refractivity contribution is -0.115. The van der Waals surface area contributed by atoms with Crippen molar-refractivity contribution in [1.82, 2.24) is 0 Å². The predicted molar refractivity (Wildman–Crippen MR) is 93.9 cm³/mol. The molecule has 0 spiro atoms. The van der Waals surface area contributed by atoms with Crippen molar-refractivity contribution in [2.24, 2.45) is 11.1 Å². The van der Waals surface area contributed by atoms with E-state index >= 15 is 0 Å². The number of nitrogens with two attached hydrogens (primary N) is 1. The molecule has 2 aliphatic rings. The van der Waals surface area contributed by atoms with Crippen molar-refractivity contribution in [3.05, 3.63) is 33.3 Å². The molecule has 0 aromatic heterocycles. The first-order valence-electron chi connectivity index (χ1n) is 7.71. The minimum absolute atomic E-state index is 0.0402. The molecule has 0 radical (unpaired) electrons. The van der Waals surface area contributed by atoms with E-state index in [1.165, 1.54) is 0 Å². The maximum Gasteiger partial charge on any atom is 0.156 e. The van der Waals surface area contributed by atoms with E-state index in [1.54, 1.807) is 12.1 Å². The Morgan fingerprint density at radius 1 is 1.42 bits per heavy atom. The van der Waals surface area contributed by atoms with E-state index in [-0.39, 0.29) is 35.3 Å². The lowest BCUT2D eigenvalue weighted by Gasteiger charge is -2.33. The van der Waals surface area contributed by atoms with Crippen LogP contribution in [-0.4, -0.2) is 29.9 Å². The molecule has 2 aliphatic carbocycles. The molecule has 5 nitrogen and oxygen atoms in total. The normalized spacial score (nSPS) is 22.0. The summed E-state index contributed by atoms with van der Waals surface area (Å²) in [5.74, 6) is 0.331. The zero-order valence-electron chi connectivity index (χ0n) is 13.0. The summed E-state index contributed by atoms with van der Waals surface area (Å²) in [7, 11) is 0. The van der Waals surface area contributed by atoms with Gasteiger partial charge in [-0.3, -0.25) is 10.2 Å². The number of aliphatic hydroxyl groups is 1. The van der Waals surface area contributed by atoms with Crippen molar-refractivity contribution in [1.29, 1.82) is 5.41 Å². The smallest absolute Gasteiger partial charge is 0.156 e. The van der Waals surface area contributed by atoms with E-state index in [1.807, 2.05) is 0 Å². The number of rotatable bonds is 5. The van der Waals surface area contributed by atoms with Gasteiger partial charge in [-0.05, 0) is 42.5 Å². The third-order valence-corrected chi connectivity index (χ3v) is 5.60. The highest BCUT2D eigenvalue weighted by atomic mass is 35.5. The number of hydrogen-bond acceptors (Lipinski definition) is 4. The molecule has 7 heteroatoms. The van der Waals surface area contributed by atoms with Gasteiger partial charge in [0.2, 0.25) is 0 Å². The summed E-state index contributed by atoms with van der Waals surface area (Å²) in [6, 6.07) is 1.80. The van der Waals surface area contributed by atoms with Crippen LogP contribution in [0.5, 0.6) is 5.75 Å². The van der Waals surface area contributed by atoms with Gasteiger partial charge in [0.05, 0.1) is 5.02 Å². The summed E-state index contributed by atoms with van der Waals surface area (Å²) >= 11 is 12.8. The average molecular weight is 369 g/mol. The number of benzene rings is 1. The number of carbonyl (C=O) groups excluding carboxylic acids is 1. The van der Waals surface area contributed by atoms with Gasteiger partial charge in [0.15, 0.2) is 5.78 Å². The third-order valence-electron chi connectivity index (χ3n) is 4.75. The Morgan fingerprint density at radius 2 is 2.17 bits per heavy atom. The lowest BCUT2D eigenvalue weighted by Crippen LogP contribution is -2.27. The Bertz CT molecular complexity index is 761. The largest absolute Gasteiger partial charge is 0.484 e. The Hall–Kier alpha value is -1.56. The summed E-state index contributed by atoms with van der Waals surface area (Å²) in [6.45, 7) is -0.0314. The van der Waals surface area contributed by atoms with Crippen LogP contribution in [0, 0.1) is 10.8 Å². The number of amidine groups is 1. The van der Waals surface area contributed by atoms with Gasteiger partial charge in [-0.1, -0.05) is 23.2 Å². The number of carbonyl (C=O) groups is 1. The van der Waals surface area contributed by atoms with Gasteiger partial charge in [0, 0.05) is 24.0 Å². The minimum atomic E-state index is -0.281. The van der Waals surface area contributed by atoms with E-state index in [2.05, 4.69) is 0 Å². The predicted octanol–water partition coefficient (Wildman–Crippen LogP) is 2.98. The second-order valence-electron chi connectivity index (χ2n) is 6.31. The molecular weight excluding hydrogens is 351 g/mol. The van der Waals surface area contributed by atoms with E-state index in [0.29, 0.717) is 36.5 Å². The molecule has 128 valence electrons. The van der Waals surface area contributed by atoms with Crippen molar-refractivity contribution < 1.29 is 14.6 Å². The number of allylic oxidation sites excluding steroid dienone is 2. The van der Waals surface area contributed by atoms with Crippen LogP contribution in [0.1, 0.15) is 30.4 Å². The lowest BCUT2D eigenvalue weighted by atomic mass is 9.70. The first-order chi connectivity index (χ1) is 11.4. The molecule has 0 amide bonds. The van der Waals surface area contributed by atoms with Crippen LogP contribution in [0.4, 0.5) is 0 Å². The Balaban J connectivity index is 2.09. The number of ether oxygens (including phenoxy) is 1. The standard InChI is InChI=1S/C17H18Cl2N2O3/c18-15-12(24-8-13(20)21)5-9-7-17(3-4-22)2-1-10(23)6-11(17)14(9)16(15)19/h5-6,22H,1-4,7-8H2,(H3,20,21). The van der Waals surface area contributed by atoms with Crippen LogP contribution in [0.3, 0.4) is 0 Å². The van der Waals surface area contributed by atoms with E-state index in [4.69, 9.17) is 39.1 Å². The fraction of sp³-hybridized carbons (Fsp3) is 0.412. The van der Waals surface area contributed by atoms with Gasteiger partial charge in [0.1, 0.15) is 23.2 Å². The van der Waals surface area contributed by atoms with Gasteiger partial charge in [-0.25, -0.2) is 0 Å². The first kappa shape index (κ1) is 17.3. The van der Waals surface area contributed by atoms with Crippen LogP contribution in [0.2, 0.25) is 10.0 Å². The number of hydrogen-bond donors (Lipinski definition) is 3. The fourth-order valence-electron chi connectivity index (χ4n) is 3.67. The van der Waals surface area contributed by atoms with Crippen LogP contribution in [0.15, 0.2) is 12.1 Å². The molecule has 1 aromatic carbocycles. The molecule has 0 saturated carbocycles. The summed E-state index contributed by atoms with van der Waals surface area (Å²) < 4.78 is 5.47. The second-order valence-corrected chi connectivity index (χ2v) is 7.06. The summed E-state index contributed by atoms with van der Waals surface area (Å²) in [4.78, 5) is 11.9. The van der Waals surface area contributed by atoms with Crippen LogP contribution in [0.25, 0.3) is 5.57 Å². The van der Waals surface area contributed by atoms with Crippen LogP contribution in [-0.2, 0) is 11.2 Å². The number of nitrogens with one attached hydrogen (secondary N) is 1. The summed E-state index contributed by atoms with van der Waals surface area (Å²) in [5.41, 5.74) is 7.63. The second kappa shape index (κ2) is 6.39. The zero-order valence-corrected chi connectivity index (χ0v) is 14.5. The van der Waals surface area contributed by atoms with Crippen molar-refractivity contribution in [2.75, 3.05) is 13.2 Å². The van der Waals surface area contributed by atoms with Crippen molar-refractivity contribution in [3.8, 4) is 5.75 Å². The molecule has 3 rings (SSSR count). The molecular formula is C17H18Cl2N2O3. The first-order valence-corrected chi connectivity index (χ1v) is 8.46. The highest BCUT2D eigenvalue weighted by Crippen LogP contribution is 2.57. The molecule has 0 fully saturated rings.